The van der Waals surface area contributed by atoms with Crippen molar-refractivity contribution in [3.05, 3.63) is 29.9 Å². The van der Waals surface area contributed by atoms with E-state index in [1.165, 1.54) is 18.0 Å². The van der Waals surface area contributed by atoms with Crippen LogP contribution < -0.4 is 0 Å². The van der Waals surface area contributed by atoms with E-state index in [4.69, 9.17) is 11.6 Å². The minimum Gasteiger partial charge on any atom is -0.339 e. The summed E-state index contributed by atoms with van der Waals surface area (Å²) < 4.78 is 0. The highest BCUT2D eigenvalue weighted by molar-refractivity contribution is 7.99. The van der Waals surface area contributed by atoms with Crippen LogP contribution in [0, 0.1) is 0 Å². The van der Waals surface area contributed by atoms with Crippen molar-refractivity contribution in [2.45, 2.75) is 10.2 Å². The predicted molar refractivity (Wildman–Crippen MR) is 49.8 cm³/mol. The molecular weight excluding hydrogens is 208 g/mol. The van der Waals surface area contributed by atoms with Crippen molar-refractivity contribution in [3.8, 4) is 0 Å². The molecule has 2 aromatic rings. The summed E-state index contributed by atoms with van der Waals surface area (Å²) >= 11 is 7.05. The van der Waals surface area contributed by atoms with Crippen LogP contribution in [0.25, 0.3) is 0 Å². The summed E-state index contributed by atoms with van der Waals surface area (Å²) in [5.41, 5.74) is 0. The average Bonchev–Trinajstić information content (AvgIpc) is 2.57. The standard InChI is InChI=1S/C7H5ClN4S/c8-5-3-9-4-6(12-5)13-7-10-1-2-11-7/h1-4H,(H,10,11). The quantitative estimate of drug-likeness (QED) is 0.828. The van der Waals surface area contributed by atoms with E-state index >= 15 is 0 Å². The second kappa shape index (κ2) is 3.76. The number of hydrogen-bond donors (Lipinski definition) is 1. The number of rotatable bonds is 2. The van der Waals surface area contributed by atoms with Gasteiger partial charge in [0.1, 0.15) is 10.2 Å². The van der Waals surface area contributed by atoms with E-state index in [0.29, 0.717) is 5.15 Å². The van der Waals surface area contributed by atoms with Gasteiger partial charge in [-0.25, -0.2) is 9.97 Å². The monoisotopic (exact) mass is 212 g/mol. The molecule has 13 heavy (non-hydrogen) atoms. The van der Waals surface area contributed by atoms with Gasteiger partial charge in [0, 0.05) is 12.4 Å². The van der Waals surface area contributed by atoms with Crippen LogP contribution in [0.5, 0.6) is 0 Å². The minimum absolute atomic E-state index is 0.386. The van der Waals surface area contributed by atoms with Gasteiger partial charge < -0.3 is 4.98 Å². The molecule has 1 N–H and O–H groups in total. The van der Waals surface area contributed by atoms with Gasteiger partial charge in [-0.2, -0.15) is 0 Å². The molecule has 0 aliphatic carbocycles. The highest BCUT2D eigenvalue weighted by Gasteiger charge is 2.01. The van der Waals surface area contributed by atoms with Crippen molar-refractivity contribution in [1.82, 2.24) is 19.9 Å². The van der Waals surface area contributed by atoms with Crippen molar-refractivity contribution in [3.63, 3.8) is 0 Å². The van der Waals surface area contributed by atoms with E-state index in [1.807, 2.05) is 0 Å². The first kappa shape index (κ1) is 8.52. The lowest BCUT2D eigenvalue weighted by Crippen LogP contribution is -1.83. The zero-order valence-corrected chi connectivity index (χ0v) is 8.01. The van der Waals surface area contributed by atoms with Gasteiger partial charge in [-0.1, -0.05) is 11.6 Å². The SMILES string of the molecule is Clc1cncc(Sc2ncc[nH]2)n1. The molecule has 0 saturated carbocycles. The number of imidazole rings is 1. The first-order chi connectivity index (χ1) is 6.34. The fourth-order valence-corrected chi connectivity index (χ4v) is 1.67. The molecule has 0 aliphatic heterocycles. The second-order valence-electron chi connectivity index (χ2n) is 2.18. The van der Waals surface area contributed by atoms with Crippen molar-refractivity contribution in [2.75, 3.05) is 0 Å². The Hall–Kier alpha value is -1.07. The number of nitrogens with zero attached hydrogens (tertiary/aromatic N) is 3. The first-order valence-corrected chi connectivity index (χ1v) is 4.69. The van der Waals surface area contributed by atoms with Crippen LogP contribution in [0.15, 0.2) is 35.0 Å². The van der Waals surface area contributed by atoms with E-state index in [1.54, 1.807) is 18.6 Å². The Morgan fingerprint density at radius 2 is 2.31 bits per heavy atom. The van der Waals surface area contributed by atoms with Gasteiger partial charge >= 0.3 is 0 Å². The Labute approximate surface area is 83.8 Å². The van der Waals surface area contributed by atoms with Gasteiger partial charge in [0.15, 0.2) is 5.16 Å². The molecule has 2 heterocycles. The zero-order valence-electron chi connectivity index (χ0n) is 6.44. The number of halogens is 1. The minimum atomic E-state index is 0.386. The van der Waals surface area contributed by atoms with E-state index in [-0.39, 0.29) is 0 Å². The average molecular weight is 213 g/mol. The van der Waals surface area contributed by atoms with Crippen molar-refractivity contribution in [2.24, 2.45) is 0 Å². The lowest BCUT2D eigenvalue weighted by molar-refractivity contribution is 1.02. The lowest BCUT2D eigenvalue weighted by atomic mass is 10.8. The fraction of sp³-hybridized carbons (Fsp3) is 0. The van der Waals surface area contributed by atoms with Crippen LogP contribution in [0.4, 0.5) is 0 Å². The lowest BCUT2D eigenvalue weighted by Gasteiger charge is -1.95. The molecule has 0 fully saturated rings. The zero-order chi connectivity index (χ0) is 9.10. The Balaban J connectivity index is 2.19. The molecule has 66 valence electrons. The third-order valence-electron chi connectivity index (χ3n) is 1.26. The Morgan fingerprint density at radius 3 is 3.00 bits per heavy atom. The van der Waals surface area contributed by atoms with Crippen LogP contribution >= 0.6 is 23.4 Å². The molecule has 0 amide bonds. The third kappa shape index (κ3) is 2.19. The topological polar surface area (TPSA) is 54.5 Å². The van der Waals surface area contributed by atoms with Gasteiger partial charge in [0.05, 0.1) is 12.4 Å². The molecule has 2 rings (SSSR count). The van der Waals surface area contributed by atoms with E-state index in [2.05, 4.69) is 19.9 Å². The summed E-state index contributed by atoms with van der Waals surface area (Å²) in [5.74, 6) is 0. The highest BCUT2D eigenvalue weighted by atomic mass is 35.5. The molecule has 0 saturated heterocycles. The summed E-state index contributed by atoms with van der Waals surface area (Å²) in [4.78, 5) is 14.9. The van der Waals surface area contributed by atoms with Crippen molar-refractivity contribution in [1.29, 1.82) is 0 Å². The molecule has 2 aromatic heterocycles. The Kier molecular flexibility index (Phi) is 2.47. The molecule has 4 nitrogen and oxygen atoms in total. The van der Waals surface area contributed by atoms with E-state index in [9.17, 15) is 0 Å². The van der Waals surface area contributed by atoms with Crippen LogP contribution in [0.1, 0.15) is 0 Å². The molecular formula is C7H5ClN4S. The summed E-state index contributed by atoms with van der Waals surface area (Å²) in [7, 11) is 0. The maximum Gasteiger partial charge on any atom is 0.171 e. The third-order valence-corrected chi connectivity index (χ3v) is 2.26. The molecule has 0 aromatic carbocycles. The van der Waals surface area contributed by atoms with Gasteiger partial charge in [-0.05, 0) is 11.8 Å². The maximum atomic E-state index is 5.67. The van der Waals surface area contributed by atoms with Crippen LogP contribution in [0.2, 0.25) is 5.15 Å². The van der Waals surface area contributed by atoms with Crippen LogP contribution in [-0.2, 0) is 0 Å². The molecule has 0 spiro atoms. The number of H-pyrrole nitrogens is 1. The number of aromatic nitrogens is 4. The summed E-state index contributed by atoms with van der Waals surface area (Å²) in [6, 6.07) is 0. The van der Waals surface area contributed by atoms with Gasteiger partial charge in [0.25, 0.3) is 0 Å². The highest BCUT2D eigenvalue weighted by Crippen LogP contribution is 2.22. The summed E-state index contributed by atoms with van der Waals surface area (Å²) in [6.45, 7) is 0. The van der Waals surface area contributed by atoms with E-state index in [0.717, 1.165) is 10.2 Å². The first-order valence-electron chi connectivity index (χ1n) is 3.49. The molecule has 6 heteroatoms. The Bertz CT molecular complexity index is 389. The number of nitrogens with one attached hydrogen (secondary N) is 1. The summed E-state index contributed by atoms with van der Waals surface area (Å²) in [5, 5.41) is 1.88. The van der Waals surface area contributed by atoms with Gasteiger partial charge in [-0.3, -0.25) is 4.98 Å². The van der Waals surface area contributed by atoms with Gasteiger partial charge in [0.2, 0.25) is 0 Å². The van der Waals surface area contributed by atoms with Gasteiger partial charge in [-0.15, -0.1) is 0 Å². The molecule has 0 unspecified atom stereocenters. The largest absolute Gasteiger partial charge is 0.339 e. The van der Waals surface area contributed by atoms with Crippen LogP contribution in [-0.4, -0.2) is 19.9 Å². The van der Waals surface area contributed by atoms with Crippen LogP contribution in [0.3, 0.4) is 0 Å². The second-order valence-corrected chi connectivity index (χ2v) is 3.57. The van der Waals surface area contributed by atoms with Crippen molar-refractivity contribution < 1.29 is 0 Å². The van der Waals surface area contributed by atoms with E-state index < -0.39 is 0 Å². The maximum absolute atomic E-state index is 5.67. The number of hydrogen-bond acceptors (Lipinski definition) is 4. The van der Waals surface area contributed by atoms with Crippen molar-refractivity contribution >= 4 is 23.4 Å². The fourth-order valence-electron chi connectivity index (χ4n) is 0.780. The molecule has 0 bridgehead atoms. The molecule has 0 radical (unpaired) electrons. The normalized spacial score (nSPS) is 10.2. The Morgan fingerprint density at radius 1 is 1.38 bits per heavy atom. The molecule has 0 aliphatic rings. The molecule has 0 atom stereocenters. The predicted octanol–water partition coefficient (Wildman–Crippen LogP) is 2.00. The smallest absolute Gasteiger partial charge is 0.171 e. The summed E-state index contributed by atoms with van der Waals surface area (Å²) in [6.07, 6.45) is 6.56. The number of aromatic amines is 1.